The third kappa shape index (κ3) is 6.38. The van der Waals surface area contributed by atoms with Gasteiger partial charge in [0.15, 0.2) is 17.1 Å². The van der Waals surface area contributed by atoms with Gasteiger partial charge in [-0.05, 0) is 56.3 Å². The zero-order chi connectivity index (χ0) is 35.7. The van der Waals surface area contributed by atoms with Gasteiger partial charge in [0.1, 0.15) is 11.7 Å². The SMILES string of the molecule is CCC[C@H](C(=O)C(=O)NC1CC1)N(C(=O)c1cnccn1)C(=O)[C@]1(C(=O)[C@@H](N)C(C)(C)C)N(C2CCCCC2)C[C@@H]2CCC[C@]21C(=O)CN. The van der Waals surface area contributed by atoms with E-state index in [1.807, 2.05) is 4.90 Å². The van der Waals surface area contributed by atoms with Crippen molar-refractivity contribution in [2.45, 2.75) is 134 Å². The van der Waals surface area contributed by atoms with E-state index in [0.717, 1.165) is 37.0 Å². The Labute approximate surface area is 288 Å². The number of carbonyl (C=O) groups is 6. The van der Waals surface area contributed by atoms with E-state index in [4.69, 9.17) is 11.5 Å². The summed E-state index contributed by atoms with van der Waals surface area (Å²) < 4.78 is 0. The van der Waals surface area contributed by atoms with Crippen molar-refractivity contribution in [3.05, 3.63) is 24.3 Å². The predicted octanol–water partition coefficient (Wildman–Crippen LogP) is 2.11. The summed E-state index contributed by atoms with van der Waals surface area (Å²) in [6, 6.07) is -3.21. The van der Waals surface area contributed by atoms with Gasteiger partial charge in [0.25, 0.3) is 17.7 Å². The molecule has 5 atom stereocenters. The molecular weight excluding hydrogens is 626 g/mol. The van der Waals surface area contributed by atoms with Gasteiger partial charge in [-0.2, -0.15) is 0 Å². The molecule has 49 heavy (non-hydrogen) atoms. The minimum absolute atomic E-state index is 0.0467. The van der Waals surface area contributed by atoms with Crippen LogP contribution in [0.3, 0.4) is 0 Å². The number of aromatic nitrogens is 2. The second-order valence-corrected chi connectivity index (χ2v) is 15.5. The molecule has 0 unspecified atom stereocenters. The second-order valence-electron chi connectivity index (χ2n) is 15.5. The molecule has 4 fully saturated rings. The lowest BCUT2D eigenvalue weighted by Gasteiger charge is -2.52. The molecule has 1 aromatic rings. The molecule has 0 aromatic carbocycles. The quantitative estimate of drug-likeness (QED) is 0.157. The van der Waals surface area contributed by atoms with E-state index in [1.54, 1.807) is 27.7 Å². The van der Waals surface area contributed by atoms with Crippen LogP contribution >= 0.6 is 0 Å². The van der Waals surface area contributed by atoms with Crippen LogP contribution in [0, 0.1) is 16.7 Å². The standard InChI is InChI=1S/C36H53N7O6/c1-5-10-26(28(45)31(47)41-23-14-15-23)43(32(48)25-20-39-17-18-40-25)33(49)36(30(46)29(38)34(2,3)4)35(27(44)19-37)16-9-11-22(35)21-42(36)24-12-7-6-8-13-24/h17-18,20,22-24,26,29H,5-16,19,21,37-38H2,1-4H3,(H,41,47)/t22-,26+,29+,35+,36-/m0/s1. The number of carbonyl (C=O) groups excluding carboxylic acids is 6. The fourth-order valence-corrected chi connectivity index (χ4v) is 8.77. The van der Waals surface area contributed by atoms with Crippen molar-refractivity contribution in [3.63, 3.8) is 0 Å². The molecule has 13 heteroatoms. The van der Waals surface area contributed by atoms with E-state index < -0.39 is 76.0 Å². The minimum Gasteiger partial charge on any atom is -0.347 e. The van der Waals surface area contributed by atoms with Crippen molar-refractivity contribution in [2.24, 2.45) is 28.2 Å². The van der Waals surface area contributed by atoms with Crippen molar-refractivity contribution in [1.29, 1.82) is 0 Å². The molecule has 13 nitrogen and oxygen atoms in total. The Hall–Kier alpha value is -3.42. The molecule has 1 saturated heterocycles. The van der Waals surface area contributed by atoms with Crippen LogP contribution in [0.1, 0.15) is 115 Å². The van der Waals surface area contributed by atoms with Crippen LogP contribution in [0.4, 0.5) is 0 Å². The number of amides is 3. The summed E-state index contributed by atoms with van der Waals surface area (Å²) in [7, 11) is 0. The van der Waals surface area contributed by atoms with Gasteiger partial charge in [0.2, 0.25) is 5.78 Å². The van der Waals surface area contributed by atoms with Gasteiger partial charge in [-0.25, -0.2) is 4.98 Å². The number of hydrogen-bond donors (Lipinski definition) is 3. The van der Waals surface area contributed by atoms with E-state index in [1.165, 1.54) is 18.6 Å². The van der Waals surface area contributed by atoms with Crippen molar-refractivity contribution in [1.82, 2.24) is 25.1 Å². The summed E-state index contributed by atoms with van der Waals surface area (Å²) in [6.07, 6.45) is 11.0. The number of hydrogen-bond acceptors (Lipinski definition) is 11. The van der Waals surface area contributed by atoms with Crippen LogP contribution in [-0.2, 0) is 24.0 Å². The van der Waals surface area contributed by atoms with Crippen LogP contribution in [-0.4, -0.2) is 97.6 Å². The average molecular weight is 680 g/mol. The number of Topliss-reactive ketones (excluding diaryl/α,β-unsaturated/α-hetero) is 3. The first kappa shape index (κ1) is 36.9. The highest BCUT2D eigenvalue weighted by Gasteiger charge is 2.77. The first-order chi connectivity index (χ1) is 23.3. The lowest BCUT2D eigenvalue weighted by Crippen LogP contribution is -2.77. The number of rotatable bonds is 13. The third-order valence-corrected chi connectivity index (χ3v) is 11.4. The molecule has 0 spiro atoms. The van der Waals surface area contributed by atoms with Crippen LogP contribution in [0.15, 0.2) is 18.6 Å². The summed E-state index contributed by atoms with van der Waals surface area (Å²) in [5.74, 6) is -5.35. The monoisotopic (exact) mass is 679 g/mol. The fraction of sp³-hybridized carbons (Fsp3) is 0.722. The maximum atomic E-state index is 16.1. The Kier molecular flexibility index (Phi) is 10.9. The van der Waals surface area contributed by atoms with Crippen molar-refractivity contribution in [3.8, 4) is 0 Å². The highest BCUT2D eigenvalue weighted by atomic mass is 16.2. The first-order valence-corrected chi connectivity index (χ1v) is 18.1. The molecular formula is C36H53N7O6. The average Bonchev–Trinajstić information content (AvgIpc) is 3.73. The number of fused-ring (bicyclic) bond motifs is 1. The predicted molar refractivity (Wildman–Crippen MR) is 181 cm³/mol. The highest BCUT2D eigenvalue weighted by Crippen LogP contribution is 2.61. The van der Waals surface area contributed by atoms with Gasteiger partial charge >= 0.3 is 0 Å². The lowest BCUT2D eigenvalue weighted by molar-refractivity contribution is -0.168. The Morgan fingerprint density at radius 3 is 2.29 bits per heavy atom. The van der Waals surface area contributed by atoms with Crippen LogP contribution in [0.25, 0.3) is 0 Å². The zero-order valence-electron chi connectivity index (χ0n) is 29.4. The summed E-state index contributed by atoms with van der Waals surface area (Å²) in [6.45, 7) is 7.02. The Morgan fingerprint density at radius 2 is 1.71 bits per heavy atom. The number of ketones is 3. The Balaban J connectivity index is 1.81. The van der Waals surface area contributed by atoms with Crippen LogP contribution in [0.2, 0.25) is 0 Å². The molecule has 268 valence electrons. The summed E-state index contributed by atoms with van der Waals surface area (Å²) in [5.41, 5.74) is 8.07. The van der Waals surface area contributed by atoms with Gasteiger partial charge in [0, 0.05) is 31.0 Å². The lowest BCUT2D eigenvalue weighted by atomic mass is 9.58. The summed E-state index contributed by atoms with van der Waals surface area (Å²) in [5, 5.41) is 2.70. The Bertz CT molecular complexity index is 1450. The molecule has 0 radical (unpaired) electrons. The minimum atomic E-state index is -2.25. The van der Waals surface area contributed by atoms with E-state index in [-0.39, 0.29) is 37.2 Å². The molecule has 5 rings (SSSR count). The summed E-state index contributed by atoms with van der Waals surface area (Å²) >= 11 is 0. The molecule has 5 N–H and O–H groups in total. The van der Waals surface area contributed by atoms with Crippen LogP contribution in [0.5, 0.6) is 0 Å². The van der Waals surface area contributed by atoms with Gasteiger partial charge < -0.3 is 16.8 Å². The highest BCUT2D eigenvalue weighted by molar-refractivity contribution is 6.39. The third-order valence-electron chi connectivity index (χ3n) is 11.4. The van der Waals surface area contributed by atoms with Gasteiger partial charge in [-0.15, -0.1) is 0 Å². The molecule has 3 saturated carbocycles. The maximum absolute atomic E-state index is 16.1. The molecule has 3 amide bonds. The molecule has 1 aliphatic heterocycles. The fourth-order valence-electron chi connectivity index (χ4n) is 8.77. The van der Waals surface area contributed by atoms with Crippen molar-refractivity contribution < 1.29 is 28.8 Å². The van der Waals surface area contributed by atoms with Crippen LogP contribution < -0.4 is 16.8 Å². The number of likely N-dealkylation sites (tertiary alicyclic amines) is 1. The normalized spacial score (nSPS) is 27.2. The topological polar surface area (TPSA) is 199 Å². The maximum Gasteiger partial charge on any atom is 0.289 e. The van der Waals surface area contributed by atoms with E-state index >= 15 is 9.59 Å². The molecule has 1 aromatic heterocycles. The molecule has 0 bridgehead atoms. The summed E-state index contributed by atoms with van der Waals surface area (Å²) in [4.78, 5) is 99.3. The largest absolute Gasteiger partial charge is 0.347 e. The van der Waals surface area contributed by atoms with Gasteiger partial charge in [-0.3, -0.25) is 43.6 Å². The van der Waals surface area contributed by atoms with E-state index in [9.17, 15) is 19.2 Å². The van der Waals surface area contributed by atoms with E-state index in [2.05, 4.69) is 15.3 Å². The smallest absolute Gasteiger partial charge is 0.289 e. The number of imide groups is 1. The van der Waals surface area contributed by atoms with Crippen molar-refractivity contribution in [2.75, 3.05) is 13.1 Å². The number of nitrogens with two attached hydrogens (primary N) is 2. The molecule has 3 aliphatic carbocycles. The molecule has 4 aliphatic rings. The van der Waals surface area contributed by atoms with Gasteiger partial charge in [0.05, 0.1) is 24.2 Å². The first-order valence-electron chi connectivity index (χ1n) is 18.1. The molecule has 2 heterocycles. The van der Waals surface area contributed by atoms with Gasteiger partial charge in [-0.1, -0.05) is 59.8 Å². The number of nitrogens with zero attached hydrogens (tertiary/aromatic N) is 4. The van der Waals surface area contributed by atoms with E-state index in [0.29, 0.717) is 32.1 Å². The number of nitrogens with one attached hydrogen (secondary N) is 1. The zero-order valence-corrected chi connectivity index (χ0v) is 29.4. The second kappa shape index (κ2) is 14.4. The Morgan fingerprint density at radius 1 is 1.02 bits per heavy atom. The van der Waals surface area contributed by atoms with Crippen molar-refractivity contribution >= 4 is 35.1 Å².